The maximum absolute atomic E-state index is 13.7. The van der Waals surface area contributed by atoms with Crippen LogP contribution in [0.25, 0.3) is 10.8 Å². The summed E-state index contributed by atoms with van der Waals surface area (Å²) in [5.74, 6) is -1.72. The summed E-state index contributed by atoms with van der Waals surface area (Å²) in [5.41, 5.74) is 1.09. The zero-order valence-electron chi connectivity index (χ0n) is 19.6. The van der Waals surface area contributed by atoms with Gasteiger partial charge in [-0.1, -0.05) is 55.3 Å². The standard InChI is InChI=1S/C27H27N3O5S/c28-17-20-11-9-19(10-12-20)15-25(27(33)30(18-26(31)32)23-7-3-4-8-23)29-36(34,35)24-14-13-21-5-1-2-6-22(21)16-24/h1-2,5-6,9-14,16,23,25,29H,3-4,7-8,15,18H2,(H,31,32)/t25-/m0/s1. The van der Waals surface area contributed by atoms with E-state index in [2.05, 4.69) is 4.72 Å². The highest BCUT2D eigenvalue weighted by atomic mass is 32.2. The van der Waals surface area contributed by atoms with Gasteiger partial charge in [0.1, 0.15) is 12.6 Å². The van der Waals surface area contributed by atoms with Crippen molar-refractivity contribution in [2.45, 2.75) is 49.1 Å². The third-order valence-electron chi connectivity index (χ3n) is 6.50. The number of hydrogen-bond donors (Lipinski definition) is 2. The lowest BCUT2D eigenvalue weighted by Crippen LogP contribution is -2.53. The normalized spacial score (nSPS) is 14.9. The van der Waals surface area contributed by atoms with Crippen molar-refractivity contribution in [1.29, 1.82) is 5.26 Å². The van der Waals surface area contributed by atoms with E-state index in [4.69, 9.17) is 5.26 Å². The molecule has 0 radical (unpaired) electrons. The lowest BCUT2D eigenvalue weighted by Gasteiger charge is -2.31. The smallest absolute Gasteiger partial charge is 0.323 e. The van der Waals surface area contributed by atoms with Gasteiger partial charge in [-0.05, 0) is 59.9 Å². The Hall–Kier alpha value is -3.74. The van der Waals surface area contributed by atoms with Crippen LogP contribution in [-0.4, -0.2) is 48.9 Å². The van der Waals surface area contributed by atoms with Crippen LogP contribution < -0.4 is 4.72 Å². The highest BCUT2D eigenvalue weighted by Gasteiger charge is 2.35. The van der Waals surface area contributed by atoms with Crippen molar-refractivity contribution in [3.05, 3.63) is 77.9 Å². The molecule has 1 amide bonds. The van der Waals surface area contributed by atoms with Crippen LogP contribution in [0.2, 0.25) is 0 Å². The van der Waals surface area contributed by atoms with Crippen molar-refractivity contribution in [3.8, 4) is 6.07 Å². The second-order valence-corrected chi connectivity index (χ2v) is 10.7. The maximum atomic E-state index is 13.7. The Bertz CT molecular complexity index is 1410. The number of nitrogens with one attached hydrogen (secondary N) is 1. The zero-order valence-corrected chi connectivity index (χ0v) is 20.4. The Morgan fingerprint density at radius 1 is 1.03 bits per heavy atom. The second kappa shape index (κ2) is 10.9. The molecule has 0 heterocycles. The summed E-state index contributed by atoms with van der Waals surface area (Å²) in [7, 11) is -4.11. The first-order valence-electron chi connectivity index (χ1n) is 11.8. The molecule has 0 aromatic heterocycles. The highest BCUT2D eigenvalue weighted by molar-refractivity contribution is 7.89. The van der Waals surface area contributed by atoms with E-state index in [0.29, 0.717) is 24.0 Å². The molecule has 1 atom stereocenters. The fourth-order valence-electron chi connectivity index (χ4n) is 4.67. The number of aliphatic carboxylic acids is 1. The molecule has 1 aliphatic rings. The number of carboxylic acid groups (broad SMARTS) is 1. The topological polar surface area (TPSA) is 128 Å². The van der Waals surface area contributed by atoms with Crippen LogP contribution in [0.1, 0.15) is 36.8 Å². The van der Waals surface area contributed by atoms with Gasteiger partial charge >= 0.3 is 5.97 Å². The Balaban J connectivity index is 1.67. The van der Waals surface area contributed by atoms with E-state index in [1.54, 1.807) is 36.4 Å². The summed E-state index contributed by atoms with van der Waals surface area (Å²) in [6.45, 7) is -0.495. The third kappa shape index (κ3) is 5.90. The molecular weight excluding hydrogens is 478 g/mol. The Labute approximate surface area is 210 Å². The molecule has 4 rings (SSSR count). The van der Waals surface area contributed by atoms with E-state index in [1.165, 1.54) is 11.0 Å². The summed E-state index contributed by atoms with van der Waals surface area (Å²) >= 11 is 0. The minimum absolute atomic E-state index is 0.0141. The van der Waals surface area contributed by atoms with Crippen molar-refractivity contribution >= 4 is 32.7 Å². The quantitative estimate of drug-likeness (QED) is 0.458. The van der Waals surface area contributed by atoms with E-state index in [0.717, 1.165) is 23.6 Å². The summed E-state index contributed by atoms with van der Waals surface area (Å²) in [4.78, 5) is 26.6. The number of carbonyl (C=O) groups is 2. The number of carbonyl (C=O) groups excluding carboxylic acids is 1. The summed E-state index contributed by atoms with van der Waals surface area (Å²) in [6.07, 6.45) is 3.15. The van der Waals surface area contributed by atoms with Crippen LogP contribution in [0, 0.1) is 11.3 Å². The molecule has 1 saturated carbocycles. The van der Waals surface area contributed by atoms with Gasteiger partial charge in [0.25, 0.3) is 0 Å². The number of nitrogens with zero attached hydrogens (tertiary/aromatic N) is 2. The number of amides is 1. The number of carboxylic acids is 1. The number of hydrogen-bond acceptors (Lipinski definition) is 5. The summed E-state index contributed by atoms with van der Waals surface area (Å²) < 4.78 is 29.4. The van der Waals surface area contributed by atoms with Crippen LogP contribution in [0.3, 0.4) is 0 Å². The molecule has 9 heteroatoms. The van der Waals surface area contributed by atoms with Crippen LogP contribution in [0.4, 0.5) is 0 Å². The van der Waals surface area contributed by atoms with Gasteiger partial charge in [0.15, 0.2) is 0 Å². The SMILES string of the molecule is N#Cc1ccc(C[C@H](NS(=O)(=O)c2ccc3ccccc3c2)C(=O)N(CC(=O)O)C2CCCC2)cc1. The largest absolute Gasteiger partial charge is 0.480 e. The molecule has 2 N–H and O–H groups in total. The van der Waals surface area contributed by atoms with E-state index in [-0.39, 0.29) is 17.4 Å². The molecule has 36 heavy (non-hydrogen) atoms. The molecule has 0 bridgehead atoms. The molecule has 3 aromatic carbocycles. The molecule has 3 aromatic rings. The van der Waals surface area contributed by atoms with Gasteiger partial charge in [-0.25, -0.2) is 8.42 Å². The fourth-order valence-corrected chi connectivity index (χ4v) is 5.89. The first-order valence-corrected chi connectivity index (χ1v) is 13.3. The molecule has 0 aliphatic heterocycles. The summed E-state index contributed by atoms with van der Waals surface area (Å²) in [5, 5.41) is 20.2. The lowest BCUT2D eigenvalue weighted by atomic mass is 10.0. The van der Waals surface area contributed by atoms with Crippen molar-refractivity contribution in [2.24, 2.45) is 0 Å². The van der Waals surface area contributed by atoms with Gasteiger partial charge in [0, 0.05) is 6.04 Å². The number of benzene rings is 3. The molecular formula is C27H27N3O5S. The van der Waals surface area contributed by atoms with E-state index in [9.17, 15) is 23.1 Å². The monoisotopic (exact) mass is 505 g/mol. The first-order chi connectivity index (χ1) is 17.3. The van der Waals surface area contributed by atoms with Gasteiger partial charge in [-0.2, -0.15) is 9.98 Å². The minimum Gasteiger partial charge on any atom is -0.480 e. The molecule has 1 fully saturated rings. The van der Waals surface area contributed by atoms with Gasteiger partial charge < -0.3 is 10.0 Å². The molecule has 8 nitrogen and oxygen atoms in total. The first kappa shape index (κ1) is 25.4. The van der Waals surface area contributed by atoms with Crippen molar-refractivity contribution in [2.75, 3.05) is 6.54 Å². The third-order valence-corrected chi connectivity index (χ3v) is 7.97. The van der Waals surface area contributed by atoms with Crippen LogP contribution >= 0.6 is 0 Å². The molecule has 0 unspecified atom stereocenters. The number of rotatable bonds is 9. The number of nitriles is 1. The van der Waals surface area contributed by atoms with Gasteiger partial charge in [0.05, 0.1) is 16.5 Å². The summed E-state index contributed by atoms with van der Waals surface area (Å²) in [6, 6.07) is 19.2. The van der Waals surface area contributed by atoms with Crippen LogP contribution in [0.5, 0.6) is 0 Å². The van der Waals surface area contributed by atoms with Crippen molar-refractivity contribution in [1.82, 2.24) is 9.62 Å². The van der Waals surface area contributed by atoms with Crippen LogP contribution in [-0.2, 0) is 26.0 Å². The van der Waals surface area contributed by atoms with Gasteiger partial charge in [-0.15, -0.1) is 0 Å². The molecule has 0 spiro atoms. The van der Waals surface area contributed by atoms with E-state index >= 15 is 0 Å². The van der Waals surface area contributed by atoms with E-state index in [1.807, 2.05) is 30.3 Å². The highest BCUT2D eigenvalue weighted by Crippen LogP contribution is 2.25. The minimum atomic E-state index is -4.11. The Morgan fingerprint density at radius 3 is 2.33 bits per heavy atom. The Kier molecular flexibility index (Phi) is 7.67. The van der Waals surface area contributed by atoms with Gasteiger partial charge in [-0.3, -0.25) is 9.59 Å². The second-order valence-electron chi connectivity index (χ2n) is 8.99. The number of sulfonamides is 1. The van der Waals surface area contributed by atoms with Crippen molar-refractivity contribution < 1.29 is 23.1 Å². The average Bonchev–Trinajstić information content (AvgIpc) is 3.41. The average molecular weight is 506 g/mol. The van der Waals surface area contributed by atoms with Gasteiger partial charge in [0.2, 0.25) is 15.9 Å². The fraction of sp³-hybridized carbons (Fsp3) is 0.296. The predicted molar refractivity (Wildman–Crippen MR) is 135 cm³/mol. The van der Waals surface area contributed by atoms with Crippen molar-refractivity contribution in [3.63, 3.8) is 0 Å². The maximum Gasteiger partial charge on any atom is 0.323 e. The zero-order chi connectivity index (χ0) is 25.7. The number of fused-ring (bicyclic) bond motifs is 1. The molecule has 186 valence electrons. The lowest BCUT2D eigenvalue weighted by molar-refractivity contribution is -0.147. The Morgan fingerprint density at radius 2 is 1.69 bits per heavy atom. The molecule has 1 aliphatic carbocycles. The van der Waals surface area contributed by atoms with E-state index < -0.39 is 34.5 Å². The van der Waals surface area contributed by atoms with Crippen LogP contribution in [0.15, 0.2) is 71.6 Å². The molecule has 0 saturated heterocycles. The predicted octanol–water partition coefficient (Wildman–Crippen LogP) is 3.46.